The number of ether oxygens (including phenoxy) is 1. The van der Waals surface area contributed by atoms with E-state index < -0.39 is 0 Å². The lowest BCUT2D eigenvalue weighted by atomic mass is 9.95. The molecule has 0 bridgehead atoms. The Bertz CT molecular complexity index is 337. The molecule has 2 heteroatoms. The summed E-state index contributed by atoms with van der Waals surface area (Å²) < 4.78 is 5.22. The third-order valence-electron chi connectivity index (χ3n) is 3.43. The molecule has 0 aliphatic heterocycles. The first-order valence-electron chi connectivity index (χ1n) is 5.05. The van der Waals surface area contributed by atoms with E-state index in [-0.39, 0.29) is 0 Å². The molecule has 1 aliphatic rings. The van der Waals surface area contributed by atoms with Crippen LogP contribution in [0, 0.1) is 5.92 Å². The molecule has 1 aliphatic carbocycles. The van der Waals surface area contributed by atoms with Crippen LogP contribution in [0.2, 0.25) is 0 Å². The van der Waals surface area contributed by atoms with Gasteiger partial charge in [0, 0.05) is 0 Å². The number of hydrogen-bond donors (Lipinski definition) is 1. The molecule has 1 saturated carbocycles. The lowest BCUT2D eigenvalue weighted by Gasteiger charge is -2.12. The molecule has 1 aromatic rings. The fourth-order valence-electron chi connectivity index (χ4n) is 2.13. The van der Waals surface area contributed by atoms with Crippen molar-refractivity contribution in [3.63, 3.8) is 0 Å². The number of hydrogen-bond acceptors (Lipinski definition) is 2. The molecule has 2 N–H and O–H groups in total. The van der Waals surface area contributed by atoms with E-state index in [1.807, 2.05) is 12.1 Å². The van der Waals surface area contributed by atoms with Gasteiger partial charge < -0.3 is 10.5 Å². The third-order valence-corrected chi connectivity index (χ3v) is 3.43. The highest BCUT2D eigenvalue weighted by Gasteiger charge is 2.50. The molecule has 2 rings (SSSR count). The fourth-order valence-corrected chi connectivity index (χ4v) is 2.13. The highest BCUT2D eigenvalue weighted by molar-refractivity contribution is 5.38. The summed E-state index contributed by atoms with van der Waals surface area (Å²) in [7, 11) is 1.70. The Balaban J connectivity index is 2.25. The Kier molecular flexibility index (Phi) is 2.23. The van der Waals surface area contributed by atoms with Gasteiger partial charge in [-0.25, -0.2) is 0 Å². The first-order valence-corrected chi connectivity index (χ1v) is 5.05. The van der Waals surface area contributed by atoms with Crippen molar-refractivity contribution in [2.24, 2.45) is 11.7 Å². The van der Waals surface area contributed by atoms with Crippen LogP contribution in [0.1, 0.15) is 18.9 Å². The van der Waals surface area contributed by atoms with E-state index in [0.717, 1.165) is 12.3 Å². The Hall–Kier alpha value is -1.02. The molecule has 2 unspecified atom stereocenters. The molecule has 76 valence electrons. The van der Waals surface area contributed by atoms with Gasteiger partial charge in [0.2, 0.25) is 0 Å². The zero-order chi connectivity index (χ0) is 10.2. The minimum absolute atomic E-state index is 0.295. The van der Waals surface area contributed by atoms with Crippen LogP contribution in [0.3, 0.4) is 0 Å². The third kappa shape index (κ3) is 1.40. The topological polar surface area (TPSA) is 35.2 Å². The van der Waals surface area contributed by atoms with E-state index in [2.05, 4.69) is 19.1 Å². The summed E-state index contributed by atoms with van der Waals surface area (Å²) in [5.74, 6) is 1.58. The second kappa shape index (κ2) is 3.28. The van der Waals surface area contributed by atoms with Crippen LogP contribution in [-0.4, -0.2) is 13.7 Å². The molecule has 2 atom stereocenters. The van der Waals surface area contributed by atoms with Gasteiger partial charge in [0.05, 0.1) is 7.11 Å². The van der Waals surface area contributed by atoms with Gasteiger partial charge in [0.25, 0.3) is 0 Å². The molecule has 2 nitrogen and oxygen atoms in total. The molecule has 0 heterocycles. The average Bonchev–Trinajstić information content (AvgIpc) is 2.92. The first kappa shape index (κ1) is 9.53. The van der Waals surface area contributed by atoms with E-state index in [1.54, 1.807) is 7.11 Å². The SMILES string of the molecule is COc1cccc(C2(C)CC2CN)c1. The van der Waals surface area contributed by atoms with Gasteiger partial charge in [0.15, 0.2) is 0 Å². The maximum absolute atomic E-state index is 5.69. The lowest BCUT2D eigenvalue weighted by Crippen LogP contribution is -2.11. The van der Waals surface area contributed by atoms with Crippen LogP contribution in [0.4, 0.5) is 0 Å². The minimum Gasteiger partial charge on any atom is -0.497 e. The van der Waals surface area contributed by atoms with Crippen molar-refractivity contribution in [2.45, 2.75) is 18.8 Å². The summed E-state index contributed by atoms with van der Waals surface area (Å²) in [5, 5.41) is 0. The standard InChI is InChI=1S/C12H17NO/c1-12(7-10(12)8-13)9-4-3-5-11(6-9)14-2/h3-6,10H,7-8,13H2,1-2H3. The number of nitrogens with two attached hydrogens (primary N) is 1. The number of rotatable bonds is 3. The quantitative estimate of drug-likeness (QED) is 0.792. The van der Waals surface area contributed by atoms with E-state index in [4.69, 9.17) is 10.5 Å². The van der Waals surface area contributed by atoms with Gasteiger partial charge in [-0.05, 0) is 42.0 Å². The number of methoxy groups -OCH3 is 1. The van der Waals surface area contributed by atoms with Crippen molar-refractivity contribution < 1.29 is 4.74 Å². The minimum atomic E-state index is 0.295. The predicted molar refractivity (Wildman–Crippen MR) is 57.5 cm³/mol. The van der Waals surface area contributed by atoms with Gasteiger partial charge >= 0.3 is 0 Å². The van der Waals surface area contributed by atoms with Crippen molar-refractivity contribution >= 4 is 0 Å². The molecule has 0 spiro atoms. The summed E-state index contributed by atoms with van der Waals surface area (Å²) in [5.41, 5.74) is 7.33. The van der Waals surface area contributed by atoms with E-state index in [0.29, 0.717) is 11.3 Å². The second-order valence-corrected chi connectivity index (χ2v) is 4.29. The molecule has 0 radical (unpaired) electrons. The molecule has 0 aromatic heterocycles. The highest BCUT2D eigenvalue weighted by atomic mass is 16.5. The molecular weight excluding hydrogens is 174 g/mol. The second-order valence-electron chi connectivity index (χ2n) is 4.29. The molecule has 0 amide bonds. The Morgan fingerprint density at radius 3 is 2.93 bits per heavy atom. The van der Waals surface area contributed by atoms with Gasteiger partial charge in [-0.2, -0.15) is 0 Å². The van der Waals surface area contributed by atoms with Gasteiger partial charge in [0.1, 0.15) is 5.75 Å². The molecule has 1 fully saturated rings. The van der Waals surface area contributed by atoms with Crippen LogP contribution in [0.15, 0.2) is 24.3 Å². The van der Waals surface area contributed by atoms with Crippen molar-refractivity contribution in [3.8, 4) is 5.75 Å². The highest BCUT2D eigenvalue weighted by Crippen LogP contribution is 2.53. The summed E-state index contributed by atoms with van der Waals surface area (Å²) >= 11 is 0. The summed E-state index contributed by atoms with van der Waals surface area (Å²) in [6.07, 6.45) is 1.21. The maximum atomic E-state index is 5.69. The van der Waals surface area contributed by atoms with Crippen molar-refractivity contribution in [1.29, 1.82) is 0 Å². The van der Waals surface area contributed by atoms with Crippen LogP contribution >= 0.6 is 0 Å². The summed E-state index contributed by atoms with van der Waals surface area (Å²) in [4.78, 5) is 0. The van der Waals surface area contributed by atoms with E-state index in [1.165, 1.54) is 12.0 Å². The average molecular weight is 191 g/mol. The predicted octanol–water partition coefficient (Wildman–Crippen LogP) is 1.93. The van der Waals surface area contributed by atoms with Crippen LogP contribution in [-0.2, 0) is 5.41 Å². The van der Waals surface area contributed by atoms with Gasteiger partial charge in [-0.1, -0.05) is 19.1 Å². The van der Waals surface area contributed by atoms with Gasteiger partial charge in [-0.15, -0.1) is 0 Å². The fraction of sp³-hybridized carbons (Fsp3) is 0.500. The van der Waals surface area contributed by atoms with Crippen LogP contribution in [0.25, 0.3) is 0 Å². The van der Waals surface area contributed by atoms with Crippen molar-refractivity contribution in [3.05, 3.63) is 29.8 Å². The zero-order valence-electron chi connectivity index (χ0n) is 8.79. The molecule has 14 heavy (non-hydrogen) atoms. The molecule has 1 aromatic carbocycles. The van der Waals surface area contributed by atoms with Crippen molar-refractivity contribution in [2.75, 3.05) is 13.7 Å². The normalized spacial score (nSPS) is 30.1. The van der Waals surface area contributed by atoms with E-state index in [9.17, 15) is 0 Å². The summed E-state index contributed by atoms with van der Waals surface area (Å²) in [6.45, 7) is 3.06. The van der Waals surface area contributed by atoms with Crippen molar-refractivity contribution in [1.82, 2.24) is 0 Å². The zero-order valence-corrected chi connectivity index (χ0v) is 8.79. The molecule has 0 saturated heterocycles. The Morgan fingerprint density at radius 1 is 1.57 bits per heavy atom. The number of benzene rings is 1. The van der Waals surface area contributed by atoms with Crippen LogP contribution < -0.4 is 10.5 Å². The van der Waals surface area contributed by atoms with Crippen LogP contribution in [0.5, 0.6) is 5.75 Å². The largest absolute Gasteiger partial charge is 0.497 e. The Labute approximate surface area is 85.1 Å². The Morgan fingerprint density at radius 2 is 2.36 bits per heavy atom. The smallest absolute Gasteiger partial charge is 0.119 e. The van der Waals surface area contributed by atoms with Gasteiger partial charge in [-0.3, -0.25) is 0 Å². The summed E-state index contributed by atoms with van der Waals surface area (Å²) in [6, 6.07) is 8.31. The molecular formula is C12H17NO. The first-order chi connectivity index (χ1) is 6.70. The monoisotopic (exact) mass is 191 g/mol. The lowest BCUT2D eigenvalue weighted by molar-refractivity contribution is 0.413. The maximum Gasteiger partial charge on any atom is 0.119 e. The van der Waals surface area contributed by atoms with E-state index >= 15 is 0 Å².